The average Bonchev–Trinajstić information content (AvgIpc) is 2.91. The van der Waals surface area contributed by atoms with Crippen molar-refractivity contribution in [2.75, 3.05) is 13.6 Å². The molecule has 2 rings (SSSR count). The van der Waals surface area contributed by atoms with Crippen LogP contribution in [0.3, 0.4) is 0 Å². The Morgan fingerprint density at radius 3 is 2.84 bits per heavy atom. The number of rotatable bonds is 4. The number of nitrogens with zero attached hydrogens (tertiary/aromatic N) is 1. The Bertz CT molecular complexity index is 571. The molecule has 0 saturated heterocycles. The third-order valence-electron chi connectivity index (χ3n) is 2.79. The lowest BCUT2D eigenvalue weighted by molar-refractivity contribution is 0.0797. The van der Waals surface area contributed by atoms with Crippen molar-refractivity contribution in [2.45, 2.75) is 6.42 Å². The fraction of sp³-hybridized carbons (Fsp3) is 0.214. The lowest BCUT2D eigenvalue weighted by atomic mass is 10.2. The molecule has 1 aromatic heterocycles. The van der Waals surface area contributed by atoms with Crippen molar-refractivity contribution in [1.29, 1.82) is 0 Å². The van der Waals surface area contributed by atoms with Crippen LogP contribution >= 0.6 is 38.9 Å². The van der Waals surface area contributed by atoms with Crippen molar-refractivity contribution < 1.29 is 4.79 Å². The van der Waals surface area contributed by atoms with Crippen LogP contribution in [0.15, 0.2) is 40.2 Å². The zero-order chi connectivity index (χ0) is 13.8. The minimum absolute atomic E-state index is 0.00837. The Morgan fingerprint density at radius 2 is 2.21 bits per heavy atom. The lowest BCUT2D eigenvalue weighted by Crippen LogP contribution is -2.28. The number of amides is 1. The van der Waals surface area contributed by atoms with Gasteiger partial charge in [-0.25, -0.2) is 0 Å². The summed E-state index contributed by atoms with van der Waals surface area (Å²) in [5, 5.41) is 2.60. The lowest BCUT2D eigenvalue weighted by Gasteiger charge is -2.17. The molecule has 0 fully saturated rings. The maximum Gasteiger partial charge on any atom is 0.253 e. The maximum atomic E-state index is 12.2. The van der Waals surface area contributed by atoms with Crippen molar-refractivity contribution in [2.24, 2.45) is 0 Å². The van der Waals surface area contributed by atoms with Crippen molar-refractivity contribution in [3.63, 3.8) is 0 Å². The van der Waals surface area contributed by atoms with Gasteiger partial charge < -0.3 is 4.90 Å². The number of halogens is 2. The second-order valence-electron chi connectivity index (χ2n) is 4.18. The van der Waals surface area contributed by atoms with Gasteiger partial charge in [-0.3, -0.25) is 4.79 Å². The van der Waals surface area contributed by atoms with Gasteiger partial charge in [-0.15, -0.1) is 11.3 Å². The van der Waals surface area contributed by atoms with Gasteiger partial charge in [0.2, 0.25) is 0 Å². The molecule has 2 aromatic rings. The van der Waals surface area contributed by atoms with Gasteiger partial charge >= 0.3 is 0 Å². The minimum Gasteiger partial charge on any atom is -0.341 e. The Morgan fingerprint density at radius 1 is 1.42 bits per heavy atom. The van der Waals surface area contributed by atoms with Gasteiger partial charge in [0.15, 0.2) is 0 Å². The molecule has 19 heavy (non-hydrogen) atoms. The summed E-state index contributed by atoms with van der Waals surface area (Å²) in [4.78, 5) is 15.2. The molecule has 0 bridgehead atoms. The molecule has 2 nitrogen and oxygen atoms in total. The normalized spacial score (nSPS) is 10.5. The third kappa shape index (κ3) is 3.81. The standard InChI is InChI=1S/C14H13BrClNOS/c1-17(7-6-11-3-2-8-19-11)14(18)10-4-5-12(15)13(16)9-10/h2-5,8-9H,6-7H2,1H3. The van der Waals surface area contributed by atoms with E-state index in [1.54, 1.807) is 34.4 Å². The molecule has 0 unspecified atom stereocenters. The van der Waals surface area contributed by atoms with E-state index in [-0.39, 0.29) is 5.91 Å². The van der Waals surface area contributed by atoms with Gasteiger partial charge in [-0.1, -0.05) is 17.7 Å². The largest absolute Gasteiger partial charge is 0.341 e. The van der Waals surface area contributed by atoms with Crippen LogP contribution in [0, 0.1) is 0 Å². The highest BCUT2D eigenvalue weighted by atomic mass is 79.9. The fourth-order valence-corrected chi connectivity index (χ4v) is 2.81. The molecule has 5 heteroatoms. The number of benzene rings is 1. The van der Waals surface area contributed by atoms with Crippen LogP contribution < -0.4 is 0 Å². The molecule has 1 aromatic carbocycles. The van der Waals surface area contributed by atoms with Crippen LogP contribution in [0.4, 0.5) is 0 Å². The SMILES string of the molecule is CN(CCc1cccs1)C(=O)c1ccc(Br)c(Cl)c1. The second kappa shape index (κ2) is 6.55. The Hall–Kier alpha value is -0.840. The highest BCUT2D eigenvalue weighted by Crippen LogP contribution is 2.23. The Labute approximate surface area is 130 Å². The molecule has 0 N–H and O–H groups in total. The molecule has 0 spiro atoms. The van der Waals surface area contributed by atoms with Crippen LogP contribution in [0.5, 0.6) is 0 Å². The quantitative estimate of drug-likeness (QED) is 0.789. The van der Waals surface area contributed by atoms with E-state index in [0.29, 0.717) is 17.1 Å². The van der Waals surface area contributed by atoms with Crippen LogP contribution in [0.1, 0.15) is 15.2 Å². The molecular formula is C14H13BrClNOS. The first-order chi connectivity index (χ1) is 9.08. The summed E-state index contributed by atoms with van der Waals surface area (Å²) >= 11 is 11.0. The number of thiophene rings is 1. The zero-order valence-electron chi connectivity index (χ0n) is 10.4. The average molecular weight is 359 g/mol. The van der Waals surface area contributed by atoms with Crippen LogP contribution in [-0.2, 0) is 6.42 Å². The van der Waals surface area contributed by atoms with Gasteiger partial charge in [0.25, 0.3) is 5.91 Å². The molecule has 0 saturated carbocycles. The smallest absolute Gasteiger partial charge is 0.253 e. The van der Waals surface area contributed by atoms with E-state index in [4.69, 9.17) is 11.6 Å². The first-order valence-corrected chi connectivity index (χ1v) is 7.86. The number of hydrogen-bond acceptors (Lipinski definition) is 2. The van der Waals surface area contributed by atoms with Crippen molar-refractivity contribution in [1.82, 2.24) is 4.90 Å². The predicted molar refractivity (Wildman–Crippen MR) is 84.1 cm³/mol. The van der Waals surface area contributed by atoms with E-state index in [9.17, 15) is 4.79 Å². The summed E-state index contributed by atoms with van der Waals surface area (Å²) < 4.78 is 0.798. The van der Waals surface area contributed by atoms with Crippen LogP contribution in [0.25, 0.3) is 0 Å². The van der Waals surface area contributed by atoms with E-state index in [2.05, 4.69) is 22.0 Å². The Balaban J connectivity index is 2.00. The van der Waals surface area contributed by atoms with E-state index >= 15 is 0 Å². The van der Waals surface area contributed by atoms with Crippen molar-refractivity contribution >= 4 is 44.8 Å². The van der Waals surface area contributed by atoms with Gasteiger partial charge in [0.1, 0.15) is 0 Å². The Kier molecular flexibility index (Phi) is 5.02. The highest BCUT2D eigenvalue weighted by molar-refractivity contribution is 9.10. The molecule has 1 amide bonds. The first kappa shape index (κ1) is 14.6. The molecule has 1 heterocycles. The molecule has 0 aliphatic carbocycles. The first-order valence-electron chi connectivity index (χ1n) is 5.81. The summed E-state index contributed by atoms with van der Waals surface area (Å²) in [6.07, 6.45) is 0.879. The monoisotopic (exact) mass is 357 g/mol. The van der Waals surface area contributed by atoms with E-state index in [0.717, 1.165) is 10.9 Å². The number of hydrogen-bond donors (Lipinski definition) is 0. The van der Waals surface area contributed by atoms with E-state index < -0.39 is 0 Å². The molecule has 100 valence electrons. The maximum absolute atomic E-state index is 12.2. The molecule has 0 atom stereocenters. The highest BCUT2D eigenvalue weighted by Gasteiger charge is 2.13. The number of likely N-dealkylation sites (N-methyl/N-ethyl adjacent to an activating group) is 1. The summed E-state index contributed by atoms with van der Waals surface area (Å²) in [5.41, 5.74) is 0.613. The van der Waals surface area contributed by atoms with E-state index in [1.807, 2.05) is 18.5 Å². The summed E-state index contributed by atoms with van der Waals surface area (Å²) in [6.45, 7) is 0.701. The van der Waals surface area contributed by atoms with E-state index in [1.165, 1.54) is 4.88 Å². The number of carbonyl (C=O) groups excluding carboxylic acids is 1. The molecule has 0 radical (unpaired) electrons. The topological polar surface area (TPSA) is 20.3 Å². The van der Waals surface area contributed by atoms with Gasteiger partial charge in [-0.2, -0.15) is 0 Å². The van der Waals surface area contributed by atoms with Gasteiger partial charge in [0, 0.05) is 28.5 Å². The summed E-state index contributed by atoms with van der Waals surface area (Å²) in [7, 11) is 1.81. The van der Waals surface area contributed by atoms with Crippen molar-refractivity contribution in [3.05, 3.63) is 55.6 Å². The third-order valence-corrected chi connectivity index (χ3v) is 4.96. The molecule has 0 aliphatic heterocycles. The van der Waals surface area contributed by atoms with Crippen LogP contribution in [-0.4, -0.2) is 24.4 Å². The molecule has 0 aliphatic rings. The summed E-state index contributed by atoms with van der Waals surface area (Å²) in [5.74, 6) is -0.00837. The van der Waals surface area contributed by atoms with Crippen LogP contribution in [0.2, 0.25) is 5.02 Å². The van der Waals surface area contributed by atoms with Crippen molar-refractivity contribution in [3.8, 4) is 0 Å². The fourth-order valence-electron chi connectivity index (χ4n) is 1.68. The summed E-state index contributed by atoms with van der Waals surface area (Å²) in [6, 6.07) is 9.37. The number of carbonyl (C=O) groups is 1. The second-order valence-corrected chi connectivity index (χ2v) is 6.48. The van der Waals surface area contributed by atoms with Gasteiger partial charge in [-0.05, 0) is 52.0 Å². The van der Waals surface area contributed by atoms with Gasteiger partial charge in [0.05, 0.1) is 5.02 Å². The minimum atomic E-state index is -0.00837. The molecular weight excluding hydrogens is 346 g/mol. The predicted octanol–water partition coefficient (Wildman–Crippen LogP) is 4.48. The zero-order valence-corrected chi connectivity index (χ0v) is 13.6.